The molecule has 6 heteroatoms. The molecule has 112 valence electrons. The molecule has 0 aromatic carbocycles. The monoisotopic (exact) mass is 282 g/mol. The summed E-state index contributed by atoms with van der Waals surface area (Å²) >= 11 is 0. The number of carboxylic acids is 1. The van der Waals surface area contributed by atoms with Gasteiger partial charge in [-0.15, -0.1) is 0 Å². The van der Waals surface area contributed by atoms with Gasteiger partial charge in [0.1, 0.15) is 0 Å². The lowest BCUT2D eigenvalue weighted by atomic mass is 9.79. The molecule has 2 heterocycles. The van der Waals surface area contributed by atoms with E-state index in [1.807, 2.05) is 13.8 Å². The second-order valence-electron chi connectivity index (χ2n) is 5.41. The molecule has 6 nitrogen and oxygen atoms in total. The molecular weight excluding hydrogens is 260 g/mol. The predicted octanol–water partition coefficient (Wildman–Crippen LogP) is 2.22. The van der Waals surface area contributed by atoms with Crippen LogP contribution in [-0.2, 0) is 22.4 Å². The first kappa shape index (κ1) is 15.0. The van der Waals surface area contributed by atoms with Crippen molar-refractivity contribution in [3.05, 3.63) is 11.7 Å². The summed E-state index contributed by atoms with van der Waals surface area (Å²) in [7, 11) is 0. The molecule has 1 fully saturated rings. The summed E-state index contributed by atoms with van der Waals surface area (Å²) in [6.07, 6.45) is 4.28. The van der Waals surface area contributed by atoms with Crippen LogP contribution in [-0.4, -0.2) is 33.9 Å². The van der Waals surface area contributed by atoms with Gasteiger partial charge >= 0.3 is 5.97 Å². The number of hydrogen-bond donors (Lipinski definition) is 1. The SMILES string of the molecule is CCC(CC)(Cc1nc(CC2CCCO2)no1)C(=O)O. The first-order valence-electron chi connectivity index (χ1n) is 7.26. The maximum Gasteiger partial charge on any atom is 0.310 e. The van der Waals surface area contributed by atoms with Crippen molar-refractivity contribution in [2.45, 2.75) is 58.5 Å². The molecule has 0 spiro atoms. The number of aromatic nitrogens is 2. The van der Waals surface area contributed by atoms with Gasteiger partial charge in [0.15, 0.2) is 5.82 Å². The Balaban J connectivity index is 2.02. The van der Waals surface area contributed by atoms with Crippen molar-refractivity contribution in [2.75, 3.05) is 6.61 Å². The van der Waals surface area contributed by atoms with Crippen molar-refractivity contribution in [2.24, 2.45) is 5.41 Å². The Labute approximate surface area is 118 Å². The maximum absolute atomic E-state index is 11.5. The molecule has 0 radical (unpaired) electrons. The minimum absolute atomic E-state index is 0.169. The number of carbonyl (C=O) groups is 1. The number of rotatable bonds is 7. The van der Waals surface area contributed by atoms with E-state index in [-0.39, 0.29) is 12.5 Å². The van der Waals surface area contributed by atoms with E-state index in [1.54, 1.807) is 0 Å². The molecule has 20 heavy (non-hydrogen) atoms. The van der Waals surface area contributed by atoms with Crippen LogP contribution in [0.5, 0.6) is 0 Å². The first-order chi connectivity index (χ1) is 9.59. The highest BCUT2D eigenvalue weighted by Gasteiger charge is 2.37. The van der Waals surface area contributed by atoms with Crippen molar-refractivity contribution in [1.82, 2.24) is 10.1 Å². The molecule has 0 amide bonds. The van der Waals surface area contributed by atoms with E-state index in [0.29, 0.717) is 31.0 Å². The fourth-order valence-electron chi connectivity index (χ4n) is 2.62. The molecule has 1 N–H and O–H groups in total. The Bertz CT molecular complexity index is 448. The molecule has 1 unspecified atom stereocenters. The number of ether oxygens (including phenoxy) is 1. The third kappa shape index (κ3) is 3.17. The minimum atomic E-state index is -0.812. The van der Waals surface area contributed by atoms with Crippen molar-refractivity contribution >= 4 is 5.97 Å². The van der Waals surface area contributed by atoms with Crippen LogP contribution in [0.25, 0.3) is 0 Å². The first-order valence-corrected chi connectivity index (χ1v) is 7.26. The molecule has 1 aromatic rings. The molecule has 0 bridgehead atoms. The number of aliphatic carboxylic acids is 1. The molecule has 2 rings (SSSR count). The van der Waals surface area contributed by atoms with Crippen LogP contribution >= 0.6 is 0 Å². The summed E-state index contributed by atoms with van der Waals surface area (Å²) in [5, 5.41) is 13.3. The second-order valence-corrected chi connectivity index (χ2v) is 5.41. The van der Waals surface area contributed by atoms with E-state index in [0.717, 1.165) is 19.4 Å². The lowest BCUT2D eigenvalue weighted by Crippen LogP contribution is -2.32. The van der Waals surface area contributed by atoms with Gasteiger partial charge in [-0.3, -0.25) is 4.79 Å². The molecule has 0 aliphatic carbocycles. The van der Waals surface area contributed by atoms with Gasteiger partial charge in [0.05, 0.1) is 11.5 Å². The van der Waals surface area contributed by atoms with Crippen molar-refractivity contribution in [1.29, 1.82) is 0 Å². The standard InChI is InChI=1S/C14H22N2O4/c1-3-14(4-2,13(17)18)9-12-15-11(16-20-12)8-10-6-5-7-19-10/h10H,3-9H2,1-2H3,(H,17,18). The topological polar surface area (TPSA) is 85.5 Å². The second kappa shape index (κ2) is 6.35. The molecule has 1 aromatic heterocycles. The van der Waals surface area contributed by atoms with Crippen molar-refractivity contribution in [3.63, 3.8) is 0 Å². The van der Waals surface area contributed by atoms with Crippen LogP contribution in [0, 0.1) is 5.41 Å². The van der Waals surface area contributed by atoms with E-state index in [2.05, 4.69) is 10.1 Å². The number of nitrogens with zero attached hydrogens (tertiary/aromatic N) is 2. The predicted molar refractivity (Wildman–Crippen MR) is 71.3 cm³/mol. The van der Waals surface area contributed by atoms with Gasteiger partial charge in [0.2, 0.25) is 5.89 Å². The van der Waals surface area contributed by atoms with Gasteiger partial charge in [0, 0.05) is 19.4 Å². The van der Waals surface area contributed by atoms with Gasteiger partial charge < -0.3 is 14.4 Å². The molecule has 1 aliphatic rings. The maximum atomic E-state index is 11.5. The Morgan fingerprint density at radius 2 is 2.20 bits per heavy atom. The van der Waals surface area contributed by atoms with Crippen LogP contribution in [0.4, 0.5) is 0 Å². The van der Waals surface area contributed by atoms with Gasteiger partial charge in [-0.2, -0.15) is 4.98 Å². The minimum Gasteiger partial charge on any atom is -0.481 e. The van der Waals surface area contributed by atoms with Crippen LogP contribution in [0.2, 0.25) is 0 Å². The van der Waals surface area contributed by atoms with Crippen molar-refractivity contribution in [3.8, 4) is 0 Å². The zero-order valence-corrected chi connectivity index (χ0v) is 12.1. The third-order valence-corrected chi connectivity index (χ3v) is 4.24. The number of hydrogen-bond acceptors (Lipinski definition) is 5. The summed E-state index contributed by atoms with van der Waals surface area (Å²) in [5.41, 5.74) is -0.812. The van der Waals surface area contributed by atoms with E-state index in [4.69, 9.17) is 9.26 Å². The fourth-order valence-corrected chi connectivity index (χ4v) is 2.62. The van der Waals surface area contributed by atoms with Gasteiger partial charge in [0.25, 0.3) is 0 Å². The quantitative estimate of drug-likeness (QED) is 0.825. The number of carboxylic acid groups (broad SMARTS) is 1. The Morgan fingerprint density at radius 3 is 2.75 bits per heavy atom. The van der Waals surface area contributed by atoms with Gasteiger partial charge in [-0.05, 0) is 25.7 Å². The highest BCUT2D eigenvalue weighted by atomic mass is 16.5. The molecule has 0 saturated carbocycles. The summed E-state index contributed by atoms with van der Waals surface area (Å²) in [6, 6.07) is 0. The summed E-state index contributed by atoms with van der Waals surface area (Å²) in [4.78, 5) is 15.8. The average molecular weight is 282 g/mol. The van der Waals surface area contributed by atoms with E-state index >= 15 is 0 Å². The average Bonchev–Trinajstić information content (AvgIpc) is 3.08. The largest absolute Gasteiger partial charge is 0.481 e. The third-order valence-electron chi connectivity index (χ3n) is 4.24. The summed E-state index contributed by atoms with van der Waals surface area (Å²) < 4.78 is 10.7. The summed E-state index contributed by atoms with van der Waals surface area (Å²) in [5.74, 6) is 0.212. The van der Waals surface area contributed by atoms with Crippen molar-refractivity contribution < 1.29 is 19.2 Å². The normalized spacial score (nSPS) is 19.4. The molecule has 1 atom stereocenters. The lowest BCUT2D eigenvalue weighted by molar-refractivity contribution is -0.149. The van der Waals surface area contributed by atoms with Crippen LogP contribution in [0.15, 0.2) is 4.52 Å². The van der Waals surface area contributed by atoms with Crippen LogP contribution in [0.1, 0.15) is 51.2 Å². The highest BCUT2D eigenvalue weighted by molar-refractivity contribution is 5.74. The van der Waals surface area contributed by atoms with Crippen LogP contribution in [0.3, 0.4) is 0 Å². The van der Waals surface area contributed by atoms with Gasteiger partial charge in [-0.25, -0.2) is 0 Å². The van der Waals surface area contributed by atoms with Gasteiger partial charge in [-0.1, -0.05) is 19.0 Å². The zero-order valence-electron chi connectivity index (χ0n) is 12.1. The zero-order chi connectivity index (χ0) is 14.6. The highest BCUT2D eigenvalue weighted by Crippen LogP contribution is 2.31. The fraction of sp³-hybridized carbons (Fsp3) is 0.786. The van der Waals surface area contributed by atoms with E-state index in [1.165, 1.54) is 0 Å². The van der Waals surface area contributed by atoms with Crippen LogP contribution < -0.4 is 0 Å². The Hall–Kier alpha value is -1.43. The smallest absolute Gasteiger partial charge is 0.310 e. The molecular formula is C14H22N2O4. The lowest BCUT2D eigenvalue weighted by Gasteiger charge is -2.24. The Kier molecular flexibility index (Phi) is 4.75. The molecule has 1 aliphatic heterocycles. The van der Waals surface area contributed by atoms with E-state index < -0.39 is 11.4 Å². The Morgan fingerprint density at radius 1 is 1.45 bits per heavy atom. The molecule has 1 saturated heterocycles. The van der Waals surface area contributed by atoms with E-state index in [9.17, 15) is 9.90 Å². The summed E-state index contributed by atoms with van der Waals surface area (Å²) in [6.45, 7) is 4.55.